The molecule has 2 rings (SSSR count). The first kappa shape index (κ1) is 11.0. The number of carbonyl (C=O) groups excluding carboxylic acids is 1. The fourth-order valence-electron chi connectivity index (χ4n) is 1.39. The van der Waals surface area contributed by atoms with Gasteiger partial charge in [-0.2, -0.15) is 0 Å². The van der Waals surface area contributed by atoms with Crippen molar-refractivity contribution >= 4 is 5.91 Å². The van der Waals surface area contributed by atoms with Crippen LogP contribution in [0.15, 0.2) is 60.3 Å². The molecule has 1 aliphatic carbocycles. The maximum atomic E-state index is 11.6. The summed E-state index contributed by atoms with van der Waals surface area (Å²) in [6.45, 7) is 0. The van der Waals surface area contributed by atoms with E-state index in [1.165, 1.54) is 12.1 Å². The van der Waals surface area contributed by atoms with Gasteiger partial charge in [-0.1, -0.05) is 54.3 Å². The standard InChI is InChI=1S/C13H12N2O2/c16-12-8-4-3-7-11(12)13(17)15-14-9-10-5-1-2-6-10/h1-9,14,16H,(H,15,17)/p-1. The Balaban J connectivity index is 1.94. The minimum Gasteiger partial charge on any atom is -0.872 e. The first-order valence-electron chi connectivity index (χ1n) is 5.14. The monoisotopic (exact) mass is 227 g/mol. The summed E-state index contributed by atoms with van der Waals surface area (Å²) in [5, 5.41) is 11.4. The quantitative estimate of drug-likeness (QED) is 0.757. The molecule has 0 unspecified atom stereocenters. The lowest BCUT2D eigenvalue weighted by Crippen LogP contribution is -2.34. The highest BCUT2D eigenvalue weighted by Crippen LogP contribution is 2.11. The Labute approximate surface area is 98.9 Å². The molecule has 2 N–H and O–H groups in total. The topological polar surface area (TPSA) is 64.2 Å². The lowest BCUT2D eigenvalue weighted by molar-refractivity contribution is -0.268. The highest BCUT2D eigenvalue weighted by atomic mass is 16.3. The Bertz CT molecular complexity index is 502. The predicted molar refractivity (Wildman–Crippen MR) is 62.9 cm³/mol. The Morgan fingerprint density at radius 3 is 2.59 bits per heavy atom. The minimum atomic E-state index is -0.446. The Kier molecular flexibility index (Phi) is 3.25. The van der Waals surface area contributed by atoms with E-state index in [-0.39, 0.29) is 11.3 Å². The SMILES string of the molecule is O=C(NNC=C1C=CC=C1)c1ccccc1[O-]. The largest absolute Gasteiger partial charge is 0.872 e. The van der Waals surface area contributed by atoms with Crippen molar-refractivity contribution in [3.8, 4) is 5.75 Å². The lowest BCUT2D eigenvalue weighted by Gasteiger charge is -2.12. The van der Waals surface area contributed by atoms with Crippen LogP contribution in [0.3, 0.4) is 0 Å². The molecule has 0 atom stereocenters. The second-order valence-electron chi connectivity index (χ2n) is 3.46. The zero-order valence-corrected chi connectivity index (χ0v) is 9.01. The fraction of sp³-hybridized carbons (Fsp3) is 0. The van der Waals surface area contributed by atoms with Gasteiger partial charge in [0.15, 0.2) is 0 Å². The fourth-order valence-corrected chi connectivity index (χ4v) is 1.39. The molecule has 1 amide bonds. The average molecular weight is 227 g/mol. The van der Waals surface area contributed by atoms with E-state index in [1.54, 1.807) is 18.3 Å². The molecule has 1 aromatic rings. The number of amides is 1. The van der Waals surface area contributed by atoms with E-state index in [4.69, 9.17) is 0 Å². The molecule has 0 bridgehead atoms. The molecule has 17 heavy (non-hydrogen) atoms. The summed E-state index contributed by atoms with van der Waals surface area (Å²) in [4.78, 5) is 11.6. The van der Waals surface area contributed by atoms with Crippen LogP contribution in [0.2, 0.25) is 0 Å². The van der Waals surface area contributed by atoms with Crippen LogP contribution in [-0.2, 0) is 0 Å². The van der Waals surface area contributed by atoms with Crippen LogP contribution < -0.4 is 16.0 Å². The molecule has 0 saturated heterocycles. The molecule has 4 heteroatoms. The van der Waals surface area contributed by atoms with Gasteiger partial charge in [-0.25, -0.2) is 0 Å². The van der Waals surface area contributed by atoms with Crippen LogP contribution in [0.4, 0.5) is 0 Å². The number of allylic oxidation sites excluding steroid dienone is 5. The van der Waals surface area contributed by atoms with Gasteiger partial charge in [-0.3, -0.25) is 10.2 Å². The maximum absolute atomic E-state index is 11.6. The van der Waals surface area contributed by atoms with Crippen molar-refractivity contribution < 1.29 is 9.90 Å². The number of para-hydroxylation sites is 1. The van der Waals surface area contributed by atoms with Crippen LogP contribution >= 0.6 is 0 Å². The Morgan fingerprint density at radius 1 is 1.18 bits per heavy atom. The van der Waals surface area contributed by atoms with Crippen molar-refractivity contribution in [1.82, 2.24) is 10.9 Å². The molecule has 0 aromatic heterocycles. The first-order chi connectivity index (χ1) is 8.27. The summed E-state index contributed by atoms with van der Waals surface area (Å²) in [5.74, 6) is -0.737. The van der Waals surface area contributed by atoms with Crippen molar-refractivity contribution in [2.75, 3.05) is 0 Å². The summed E-state index contributed by atoms with van der Waals surface area (Å²) in [6.07, 6.45) is 9.21. The second-order valence-corrected chi connectivity index (χ2v) is 3.46. The molecule has 0 spiro atoms. The Hall–Kier alpha value is -2.49. The zero-order valence-electron chi connectivity index (χ0n) is 9.01. The minimum absolute atomic E-state index is 0.121. The second kappa shape index (κ2) is 5.03. The van der Waals surface area contributed by atoms with Gasteiger partial charge < -0.3 is 10.5 Å². The van der Waals surface area contributed by atoms with E-state index in [0.717, 1.165) is 5.57 Å². The zero-order chi connectivity index (χ0) is 12.1. The van der Waals surface area contributed by atoms with Crippen molar-refractivity contribution in [3.05, 3.63) is 65.9 Å². The normalized spacial score (nSPS) is 12.6. The van der Waals surface area contributed by atoms with Gasteiger partial charge in [0.25, 0.3) is 5.91 Å². The molecule has 1 aromatic carbocycles. The third-order valence-corrected chi connectivity index (χ3v) is 2.24. The van der Waals surface area contributed by atoms with E-state index >= 15 is 0 Å². The van der Waals surface area contributed by atoms with Crippen LogP contribution in [0.25, 0.3) is 0 Å². The van der Waals surface area contributed by atoms with E-state index < -0.39 is 5.91 Å². The van der Waals surface area contributed by atoms with Crippen molar-refractivity contribution in [3.63, 3.8) is 0 Å². The number of benzene rings is 1. The van der Waals surface area contributed by atoms with Crippen molar-refractivity contribution in [1.29, 1.82) is 0 Å². The predicted octanol–water partition coefficient (Wildman–Crippen LogP) is 1.00. The van der Waals surface area contributed by atoms with Crippen LogP contribution in [0, 0.1) is 0 Å². The molecule has 1 aliphatic rings. The molecule has 0 heterocycles. The van der Waals surface area contributed by atoms with E-state index in [2.05, 4.69) is 10.9 Å². The summed E-state index contributed by atoms with van der Waals surface area (Å²) in [6, 6.07) is 6.09. The van der Waals surface area contributed by atoms with Gasteiger partial charge in [0, 0.05) is 11.8 Å². The van der Waals surface area contributed by atoms with Crippen LogP contribution in [-0.4, -0.2) is 5.91 Å². The molecular formula is C13H11N2O2-. The van der Waals surface area contributed by atoms with Gasteiger partial charge >= 0.3 is 0 Å². The summed E-state index contributed by atoms with van der Waals surface area (Å²) in [5.41, 5.74) is 6.15. The van der Waals surface area contributed by atoms with Gasteiger partial charge in [-0.05, 0) is 5.57 Å². The number of carbonyl (C=O) groups is 1. The average Bonchev–Trinajstić information content (AvgIpc) is 2.82. The number of rotatable bonds is 3. The van der Waals surface area contributed by atoms with Crippen molar-refractivity contribution in [2.45, 2.75) is 0 Å². The lowest BCUT2D eigenvalue weighted by atomic mass is 10.2. The Morgan fingerprint density at radius 2 is 1.88 bits per heavy atom. The summed E-state index contributed by atoms with van der Waals surface area (Å²) < 4.78 is 0. The number of hydrogen-bond acceptors (Lipinski definition) is 3. The highest BCUT2D eigenvalue weighted by molar-refractivity contribution is 5.96. The van der Waals surface area contributed by atoms with E-state index in [9.17, 15) is 9.90 Å². The van der Waals surface area contributed by atoms with Gasteiger partial charge in [0.1, 0.15) is 0 Å². The molecule has 0 fully saturated rings. The molecular weight excluding hydrogens is 216 g/mol. The highest BCUT2D eigenvalue weighted by Gasteiger charge is 2.03. The third kappa shape index (κ3) is 2.75. The van der Waals surface area contributed by atoms with Crippen LogP contribution in [0.5, 0.6) is 5.75 Å². The number of hydrogen-bond donors (Lipinski definition) is 2. The van der Waals surface area contributed by atoms with Crippen LogP contribution in [0.1, 0.15) is 10.4 Å². The first-order valence-corrected chi connectivity index (χ1v) is 5.14. The van der Waals surface area contributed by atoms with E-state index in [1.807, 2.05) is 24.3 Å². The van der Waals surface area contributed by atoms with Gasteiger partial charge in [-0.15, -0.1) is 0 Å². The molecule has 86 valence electrons. The third-order valence-electron chi connectivity index (χ3n) is 2.24. The van der Waals surface area contributed by atoms with Crippen molar-refractivity contribution in [2.24, 2.45) is 0 Å². The van der Waals surface area contributed by atoms with E-state index in [0.29, 0.717) is 0 Å². The molecule has 0 aliphatic heterocycles. The van der Waals surface area contributed by atoms with Gasteiger partial charge in [0.05, 0.1) is 0 Å². The molecule has 0 radical (unpaired) electrons. The number of nitrogens with one attached hydrogen (secondary N) is 2. The number of hydrazine groups is 1. The smallest absolute Gasteiger partial charge is 0.268 e. The maximum Gasteiger partial charge on any atom is 0.268 e. The van der Waals surface area contributed by atoms with Gasteiger partial charge in [0.2, 0.25) is 0 Å². The molecule has 4 nitrogen and oxygen atoms in total. The molecule has 0 saturated carbocycles. The summed E-state index contributed by atoms with van der Waals surface area (Å²) >= 11 is 0. The summed E-state index contributed by atoms with van der Waals surface area (Å²) in [7, 11) is 0.